The highest BCUT2D eigenvalue weighted by molar-refractivity contribution is 6.10. The average molecular weight is 499 g/mol. The van der Waals surface area contributed by atoms with Gasteiger partial charge in [-0.1, -0.05) is 24.3 Å². The second-order valence-corrected chi connectivity index (χ2v) is 7.78. The number of hydrogen-bond donors (Lipinski definition) is 2. The number of ether oxygens (including phenoxy) is 1. The molecule has 0 spiro atoms. The molecule has 0 aliphatic rings. The van der Waals surface area contributed by atoms with Crippen LogP contribution in [0.15, 0.2) is 72.8 Å². The van der Waals surface area contributed by atoms with Gasteiger partial charge in [0.15, 0.2) is 0 Å². The van der Waals surface area contributed by atoms with E-state index in [1.54, 1.807) is 48.5 Å². The predicted octanol–water partition coefficient (Wildman–Crippen LogP) is 5.35. The molecule has 2 N–H and O–H groups in total. The van der Waals surface area contributed by atoms with Crippen molar-refractivity contribution >= 4 is 34.8 Å². The number of anilines is 3. The first-order chi connectivity index (χ1) is 17.1. The third-order valence-electron chi connectivity index (χ3n) is 5.25. The number of benzene rings is 3. The number of nitrogens with zero attached hydrogens (tertiary/aromatic N) is 1. The summed E-state index contributed by atoms with van der Waals surface area (Å²) in [5.74, 6) is -0.937. The molecule has 188 valence electrons. The van der Waals surface area contributed by atoms with Crippen LogP contribution in [0.5, 0.6) is 5.75 Å². The maximum Gasteiger partial charge on any atom is 0.416 e. The Labute approximate surface area is 205 Å². The van der Waals surface area contributed by atoms with Crippen LogP contribution < -0.4 is 20.3 Å². The van der Waals surface area contributed by atoms with E-state index in [1.165, 1.54) is 31.2 Å². The van der Waals surface area contributed by atoms with Gasteiger partial charge in [0.1, 0.15) is 5.75 Å². The first-order valence-electron chi connectivity index (χ1n) is 10.9. The molecule has 0 bridgehead atoms. The highest BCUT2D eigenvalue weighted by Gasteiger charge is 2.30. The Hall–Kier alpha value is -4.34. The summed E-state index contributed by atoms with van der Waals surface area (Å²) < 4.78 is 43.7. The summed E-state index contributed by atoms with van der Waals surface area (Å²) in [5, 5.41) is 5.13. The molecule has 3 aromatic carbocycles. The van der Waals surface area contributed by atoms with Crippen LogP contribution in [0.1, 0.15) is 28.8 Å². The lowest BCUT2D eigenvalue weighted by molar-refractivity contribution is -0.137. The van der Waals surface area contributed by atoms with Gasteiger partial charge < -0.3 is 20.3 Å². The van der Waals surface area contributed by atoms with E-state index >= 15 is 0 Å². The van der Waals surface area contributed by atoms with Crippen molar-refractivity contribution in [3.63, 3.8) is 0 Å². The molecule has 0 radical (unpaired) electrons. The molecule has 3 rings (SSSR count). The Bertz CT molecular complexity index is 1260. The van der Waals surface area contributed by atoms with Crippen molar-refractivity contribution in [2.45, 2.75) is 19.0 Å². The summed E-state index contributed by atoms with van der Waals surface area (Å²) in [6.07, 6.45) is -5.00. The van der Waals surface area contributed by atoms with Gasteiger partial charge in [-0.3, -0.25) is 14.4 Å². The first kappa shape index (κ1) is 26.3. The van der Waals surface area contributed by atoms with Gasteiger partial charge in [0.25, 0.3) is 5.91 Å². The summed E-state index contributed by atoms with van der Waals surface area (Å²) in [5.41, 5.74) is 0.176. The Kier molecular flexibility index (Phi) is 8.31. The van der Waals surface area contributed by atoms with Gasteiger partial charge in [0, 0.05) is 37.3 Å². The molecule has 0 aliphatic heterocycles. The lowest BCUT2D eigenvalue weighted by atomic mass is 10.1. The lowest BCUT2D eigenvalue weighted by Crippen LogP contribution is -2.29. The van der Waals surface area contributed by atoms with Gasteiger partial charge >= 0.3 is 6.18 Å². The van der Waals surface area contributed by atoms with E-state index in [9.17, 15) is 27.6 Å². The second kappa shape index (κ2) is 11.4. The minimum atomic E-state index is -4.54. The van der Waals surface area contributed by atoms with Gasteiger partial charge in [-0.2, -0.15) is 13.2 Å². The van der Waals surface area contributed by atoms with E-state index in [0.29, 0.717) is 17.1 Å². The molecule has 0 aromatic heterocycles. The van der Waals surface area contributed by atoms with Crippen LogP contribution in [-0.2, 0) is 15.8 Å². The number of rotatable bonds is 8. The predicted molar refractivity (Wildman–Crippen MR) is 130 cm³/mol. The minimum absolute atomic E-state index is 0.0183. The van der Waals surface area contributed by atoms with Gasteiger partial charge in [-0.15, -0.1) is 0 Å². The second-order valence-electron chi connectivity index (χ2n) is 7.78. The molecule has 0 unspecified atom stereocenters. The Balaban J connectivity index is 1.63. The molecule has 3 aromatic rings. The zero-order valence-electron chi connectivity index (χ0n) is 19.6. The van der Waals surface area contributed by atoms with Crippen LogP contribution in [0.2, 0.25) is 0 Å². The van der Waals surface area contributed by atoms with Gasteiger partial charge in [-0.25, -0.2) is 0 Å². The molecule has 0 fully saturated rings. The van der Waals surface area contributed by atoms with Gasteiger partial charge in [-0.05, 0) is 42.5 Å². The molecule has 3 amide bonds. The maximum absolute atomic E-state index is 12.9. The van der Waals surface area contributed by atoms with Crippen molar-refractivity contribution in [1.29, 1.82) is 0 Å². The number of carbonyl (C=O) groups is 3. The van der Waals surface area contributed by atoms with E-state index in [1.807, 2.05) is 0 Å². The SMILES string of the molecule is COc1cccc(NC(=O)c2ccccc2N(C)C(=O)CCC(=O)Nc2cccc(C(F)(F)F)c2)c1. The largest absolute Gasteiger partial charge is 0.497 e. The number of amides is 3. The van der Waals surface area contributed by atoms with Crippen LogP contribution >= 0.6 is 0 Å². The normalized spacial score (nSPS) is 10.9. The van der Waals surface area contributed by atoms with Crippen molar-refractivity contribution in [2.24, 2.45) is 0 Å². The smallest absolute Gasteiger partial charge is 0.416 e. The quantitative estimate of drug-likeness (QED) is 0.438. The van der Waals surface area contributed by atoms with Crippen molar-refractivity contribution < 1.29 is 32.3 Å². The highest BCUT2D eigenvalue weighted by Crippen LogP contribution is 2.30. The zero-order valence-corrected chi connectivity index (χ0v) is 19.6. The van der Waals surface area contributed by atoms with E-state index in [2.05, 4.69) is 10.6 Å². The highest BCUT2D eigenvalue weighted by atomic mass is 19.4. The number of methoxy groups -OCH3 is 1. The summed E-state index contributed by atoms with van der Waals surface area (Å²) in [4.78, 5) is 39.1. The fourth-order valence-electron chi connectivity index (χ4n) is 3.38. The average Bonchev–Trinajstić information content (AvgIpc) is 2.86. The zero-order chi connectivity index (χ0) is 26.3. The molecule has 36 heavy (non-hydrogen) atoms. The lowest BCUT2D eigenvalue weighted by Gasteiger charge is -2.20. The molecular weight excluding hydrogens is 475 g/mol. The van der Waals surface area contributed by atoms with E-state index in [-0.39, 0.29) is 24.1 Å². The standard InChI is InChI=1S/C26H24F3N3O4/c1-32(24(34)14-13-23(33)30-18-8-5-7-17(15-18)26(27,28)29)22-12-4-3-11-21(22)25(35)31-19-9-6-10-20(16-19)36-2/h3-12,15-16H,13-14H2,1-2H3,(H,30,33)(H,31,35). The van der Waals surface area contributed by atoms with E-state index in [0.717, 1.165) is 12.1 Å². The van der Waals surface area contributed by atoms with E-state index in [4.69, 9.17) is 4.74 Å². The fourth-order valence-corrected chi connectivity index (χ4v) is 3.38. The van der Waals surface area contributed by atoms with Crippen LogP contribution in [0.4, 0.5) is 30.2 Å². The number of hydrogen-bond acceptors (Lipinski definition) is 4. The van der Waals surface area contributed by atoms with E-state index < -0.39 is 29.5 Å². The summed E-state index contributed by atoms with van der Waals surface area (Å²) >= 11 is 0. The van der Waals surface area contributed by atoms with Gasteiger partial charge in [0.2, 0.25) is 11.8 Å². The Morgan fingerprint density at radius 1 is 0.861 bits per heavy atom. The number of para-hydroxylation sites is 1. The molecule has 0 heterocycles. The molecular formula is C26H24F3N3O4. The third kappa shape index (κ3) is 6.84. The van der Waals surface area contributed by atoms with Crippen molar-refractivity contribution in [3.8, 4) is 5.75 Å². The monoisotopic (exact) mass is 499 g/mol. The first-order valence-corrected chi connectivity index (χ1v) is 10.9. The molecule has 7 nitrogen and oxygen atoms in total. The van der Waals surface area contributed by atoms with Crippen LogP contribution in [0.3, 0.4) is 0 Å². The molecule has 0 saturated carbocycles. The van der Waals surface area contributed by atoms with Crippen molar-refractivity contribution in [3.05, 3.63) is 83.9 Å². The topological polar surface area (TPSA) is 87.7 Å². The van der Waals surface area contributed by atoms with Gasteiger partial charge in [0.05, 0.1) is 23.9 Å². The third-order valence-corrected chi connectivity index (χ3v) is 5.25. The van der Waals surface area contributed by atoms with Crippen molar-refractivity contribution in [2.75, 3.05) is 29.7 Å². The molecule has 0 saturated heterocycles. The number of carbonyl (C=O) groups excluding carboxylic acids is 3. The Morgan fingerprint density at radius 3 is 2.22 bits per heavy atom. The minimum Gasteiger partial charge on any atom is -0.497 e. The molecule has 10 heteroatoms. The molecule has 0 aliphatic carbocycles. The van der Waals surface area contributed by atoms with Crippen molar-refractivity contribution in [1.82, 2.24) is 0 Å². The summed E-state index contributed by atoms with van der Waals surface area (Å²) in [7, 11) is 2.99. The fraction of sp³-hybridized carbons (Fsp3) is 0.192. The maximum atomic E-state index is 12.9. The van der Waals surface area contributed by atoms with Crippen LogP contribution in [0.25, 0.3) is 0 Å². The molecule has 0 atom stereocenters. The Morgan fingerprint density at radius 2 is 1.53 bits per heavy atom. The van der Waals surface area contributed by atoms with Crippen LogP contribution in [0, 0.1) is 0 Å². The number of alkyl halides is 3. The summed E-state index contributed by atoms with van der Waals surface area (Å²) in [6.45, 7) is 0. The summed E-state index contributed by atoms with van der Waals surface area (Å²) in [6, 6.07) is 17.5. The number of nitrogens with one attached hydrogen (secondary N) is 2. The van der Waals surface area contributed by atoms with Crippen LogP contribution in [-0.4, -0.2) is 31.9 Å². The number of halogens is 3.